The summed E-state index contributed by atoms with van der Waals surface area (Å²) in [6.45, 7) is 10.7. The van der Waals surface area contributed by atoms with Gasteiger partial charge in [-0.2, -0.15) is 0 Å². The van der Waals surface area contributed by atoms with Crippen LogP contribution in [0.2, 0.25) is 0 Å². The van der Waals surface area contributed by atoms with Gasteiger partial charge in [-0.25, -0.2) is 0 Å². The normalized spacial score (nSPS) is 12.8. The Bertz CT molecular complexity index is 521. The van der Waals surface area contributed by atoms with E-state index in [1.165, 1.54) is 16.0 Å². The number of hydrogen-bond acceptors (Lipinski definition) is 4. The molecule has 1 N–H and O–H groups in total. The van der Waals surface area contributed by atoms with E-state index in [-0.39, 0.29) is 0 Å². The van der Waals surface area contributed by atoms with Gasteiger partial charge in [-0.1, -0.05) is 38.1 Å². The van der Waals surface area contributed by atoms with Crippen molar-refractivity contribution in [2.45, 2.75) is 39.9 Å². The summed E-state index contributed by atoms with van der Waals surface area (Å²) < 4.78 is 0. The molecule has 0 radical (unpaired) electrons. The van der Waals surface area contributed by atoms with Crippen LogP contribution < -0.4 is 5.32 Å². The second-order valence-electron chi connectivity index (χ2n) is 5.24. The molecule has 2 rings (SSSR count). The lowest BCUT2D eigenvalue weighted by Gasteiger charge is -2.21. The Morgan fingerprint density at radius 3 is 2.52 bits per heavy atom. The lowest BCUT2D eigenvalue weighted by atomic mass is 10.1. The monoisotopic (exact) mass is 303 g/mol. The fourth-order valence-corrected chi connectivity index (χ4v) is 3.03. The van der Waals surface area contributed by atoms with E-state index in [0.29, 0.717) is 6.04 Å². The van der Waals surface area contributed by atoms with Crippen LogP contribution in [-0.2, 0) is 13.1 Å². The van der Waals surface area contributed by atoms with Gasteiger partial charge in [0, 0.05) is 30.2 Å². The van der Waals surface area contributed by atoms with Gasteiger partial charge in [0.2, 0.25) is 0 Å². The summed E-state index contributed by atoms with van der Waals surface area (Å²) in [4.78, 5) is 7.89. The Kier molecular flexibility index (Phi) is 6.36. The van der Waals surface area contributed by atoms with E-state index in [9.17, 15) is 0 Å². The first-order chi connectivity index (χ1) is 10.2. The van der Waals surface area contributed by atoms with Crippen molar-refractivity contribution < 1.29 is 0 Å². The van der Waals surface area contributed by atoms with Gasteiger partial charge < -0.3 is 5.32 Å². The van der Waals surface area contributed by atoms with E-state index in [4.69, 9.17) is 0 Å². The van der Waals surface area contributed by atoms with E-state index in [2.05, 4.69) is 60.2 Å². The number of benzene rings is 1. The van der Waals surface area contributed by atoms with Crippen molar-refractivity contribution in [3.8, 4) is 0 Å². The van der Waals surface area contributed by atoms with Crippen molar-refractivity contribution >= 4 is 11.3 Å². The summed E-state index contributed by atoms with van der Waals surface area (Å²) in [7, 11) is 0. The number of thiazole rings is 1. The van der Waals surface area contributed by atoms with Crippen LogP contribution in [0.15, 0.2) is 36.0 Å². The number of rotatable bonds is 8. The molecule has 0 saturated carbocycles. The van der Waals surface area contributed by atoms with Crippen LogP contribution in [0.25, 0.3) is 0 Å². The Hall–Kier alpha value is -1.23. The zero-order chi connectivity index (χ0) is 15.1. The lowest BCUT2D eigenvalue weighted by Crippen LogP contribution is -2.24. The highest BCUT2D eigenvalue weighted by molar-refractivity contribution is 7.09. The van der Waals surface area contributed by atoms with Gasteiger partial charge in [0.1, 0.15) is 0 Å². The fraction of sp³-hybridized carbons (Fsp3) is 0.471. The van der Waals surface area contributed by atoms with E-state index < -0.39 is 0 Å². The molecule has 0 bridgehead atoms. The highest BCUT2D eigenvalue weighted by atomic mass is 32.1. The molecule has 0 fully saturated rings. The first kappa shape index (κ1) is 16.1. The van der Waals surface area contributed by atoms with Gasteiger partial charge >= 0.3 is 0 Å². The van der Waals surface area contributed by atoms with Crippen molar-refractivity contribution in [3.63, 3.8) is 0 Å². The van der Waals surface area contributed by atoms with Gasteiger partial charge in [-0.15, -0.1) is 11.3 Å². The van der Waals surface area contributed by atoms with Crippen LogP contribution >= 0.6 is 11.3 Å². The Labute approximate surface area is 132 Å². The SMILES string of the molecule is CCN(CC)Cc1ccccc1CNC(C)c1cncs1. The molecular formula is C17H25N3S. The smallest absolute Gasteiger partial charge is 0.0794 e. The van der Waals surface area contributed by atoms with E-state index >= 15 is 0 Å². The van der Waals surface area contributed by atoms with Crippen LogP contribution in [0.1, 0.15) is 42.8 Å². The van der Waals surface area contributed by atoms with E-state index in [1.54, 1.807) is 11.3 Å². The van der Waals surface area contributed by atoms with Crippen LogP contribution in [0.5, 0.6) is 0 Å². The molecular weight excluding hydrogens is 278 g/mol. The molecule has 0 spiro atoms. The number of hydrogen-bond donors (Lipinski definition) is 1. The molecule has 0 aliphatic heterocycles. The predicted molar refractivity (Wildman–Crippen MR) is 90.4 cm³/mol. The largest absolute Gasteiger partial charge is 0.305 e. The zero-order valence-electron chi connectivity index (χ0n) is 13.2. The molecule has 1 aromatic heterocycles. The van der Waals surface area contributed by atoms with Crippen molar-refractivity contribution in [1.29, 1.82) is 0 Å². The summed E-state index contributed by atoms with van der Waals surface area (Å²) >= 11 is 1.71. The standard InChI is InChI=1S/C17H25N3S/c1-4-20(5-2)12-16-9-7-6-8-15(16)10-19-14(3)17-11-18-13-21-17/h6-9,11,13-14,19H,4-5,10,12H2,1-3H3. The van der Waals surface area contributed by atoms with Crippen molar-refractivity contribution in [1.82, 2.24) is 15.2 Å². The summed E-state index contributed by atoms with van der Waals surface area (Å²) in [6.07, 6.45) is 1.95. The number of nitrogens with one attached hydrogen (secondary N) is 1. The Balaban J connectivity index is 1.99. The van der Waals surface area contributed by atoms with Crippen LogP contribution in [0.4, 0.5) is 0 Å². The van der Waals surface area contributed by atoms with Gasteiger partial charge in [0.05, 0.1) is 5.51 Å². The summed E-state index contributed by atoms with van der Waals surface area (Å²) in [6, 6.07) is 9.08. The summed E-state index contributed by atoms with van der Waals surface area (Å²) in [5.41, 5.74) is 4.70. The molecule has 114 valence electrons. The minimum Gasteiger partial charge on any atom is -0.305 e. The molecule has 0 saturated heterocycles. The zero-order valence-corrected chi connectivity index (χ0v) is 14.0. The van der Waals surface area contributed by atoms with E-state index in [0.717, 1.165) is 26.2 Å². The lowest BCUT2D eigenvalue weighted by molar-refractivity contribution is 0.294. The summed E-state index contributed by atoms with van der Waals surface area (Å²) in [5.74, 6) is 0. The molecule has 4 heteroatoms. The van der Waals surface area contributed by atoms with Gasteiger partial charge in [-0.05, 0) is 31.1 Å². The number of aromatic nitrogens is 1. The molecule has 1 atom stereocenters. The van der Waals surface area contributed by atoms with Crippen molar-refractivity contribution in [2.75, 3.05) is 13.1 Å². The Morgan fingerprint density at radius 1 is 1.19 bits per heavy atom. The minimum atomic E-state index is 0.346. The second kappa shape index (κ2) is 8.27. The predicted octanol–water partition coefficient (Wildman–Crippen LogP) is 3.84. The molecule has 1 unspecified atom stereocenters. The molecule has 0 amide bonds. The first-order valence-corrected chi connectivity index (χ1v) is 8.53. The van der Waals surface area contributed by atoms with Crippen LogP contribution in [0.3, 0.4) is 0 Å². The first-order valence-electron chi connectivity index (χ1n) is 7.65. The quantitative estimate of drug-likeness (QED) is 0.803. The third kappa shape index (κ3) is 4.63. The maximum absolute atomic E-state index is 4.15. The Morgan fingerprint density at radius 2 is 1.90 bits per heavy atom. The van der Waals surface area contributed by atoms with Gasteiger partial charge in [-0.3, -0.25) is 9.88 Å². The van der Waals surface area contributed by atoms with Crippen LogP contribution in [0, 0.1) is 0 Å². The summed E-state index contributed by atoms with van der Waals surface area (Å²) in [5, 5.41) is 3.60. The highest BCUT2D eigenvalue weighted by Gasteiger charge is 2.09. The average molecular weight is 303 g/mol. The average Bonchev–Trinajstić information content (AvgIpc) is 3.05. The maximum Gasteiger partial charge on any atom is 0.0794 e. The molecule has 3 nitrogen and oxygen atoms in total. The van der Waals surface area contributed by atoms with Gasteiger partial charge in [0.25, 0.3) is 0 Å². The molecule has 2 aromatic rings. The van der Waals surface area contributed by atoms with Crippen molar-refractivity contribution in [2.24, 2.45) is 0 Å². The molecule has 1 heterocycles. The molecule has 1 aromatic carbocycles. The molecule has 21 heavy (non-hydrogen) atoms. The second-order valence-corrected chi connectivity index (χ2v) is 6.15. The fourth-order valence-electron chi connectivity index (χ4n) is 2.38. The number of nitrogens with zero attached hydrogens (tertiary/aromatic N) is 2. The van der Waals surface area contributed by atoms with Crippen molar-refractivity contribution in [3.05, 3.63) is 52.0 Å². The molecule has 0 aliphatic rings. The maximum atomic E-state index is 4.15. The third-order valence-electron chi connectivity index (χ3n) is 3.88. The minimum absolute atomic E-state index is 0.346. The molecule has 0 aliphatic carbocycles. The highest BCUT2D eigenvalue weighted by Crippen LogP contribution is 2.18. The third-order valence-corrected chi connectivity index (χ3v) is 4.84. The van der Waals surface area contributed by atoms with E-state index in [1.807, 2.05) is 11.7 Å². The topological polar surface area (TPSA) is 28.2 Å². The van der Waals surface area contributed by atoms with Crippen LogP contribution in [-0.4, -0.2) is 23.0 Å². The van der Waals surface area contributed by atoms with Gasteiger partial charge in [0.15, 0.2) is 0 Å².